The van der Waals surface area contributed by atoms with E-state index in [1.807, 2.05) is 0 Å². The molecule has 0 bridgehead atoms. The summed E-state index contributed by atoms with van der Waals surface area (Å²) in [7, 11) is 0. The lowest BCUT2D eigenvalue weighted by Gasteiger charge is -2.36. The quantitative estimate of drug-likeness (QED) is 0.927. The van der Waals surface area contributed by atoms with Gasteiger partial charge in [0.1, 0.15) is 0 Å². The second kappa shape index (κ2) is 5.98. The Morgan fingerprint density at radius 3 is 2.71 bits per heavy atom. The third-order valence-electron chi connectivity index (χ3n) is 3.64. The van der Waals surface area contributed by atoms with Crippen LogP contribution < -0.4 is 5.73 Å². The van der Waals surface area contributed by atoms with Crippen LogP contribution in [0.1, 0.15) is 37.8 Å². The molecule has 0 aliphatic carbocycles. The van der Waals surface area contributed by atoms with Gasteiger partial charge in [0.15, 0.2) is 0 Å². The molecule has 94 valence electrons. The zero-order chi connectivity index (χ0) is 12.3. The van der Waals surface area contributed by atoms with Gasteiger partial charge in [0.05, 0.1) is 0 Å². The summed E-state index contributed by atoms with van der Waals surface area (Å²) in [5, 5.41) is 0. The SMILES string of the molecule is CCC(c1cccc(Br)c1)N1CCC(N)CC1. The number of nitrogens with two attached hydrogens (primary N) is 1. The molecule has 0 saturated carbocycles. The summed E-state index contributed by atoms with van der Waals surface area (Å²) in [5.74, 6) is 0. The van der Waals surface area contributed by atoms with E-state index in [4.69, 9.17) is 5.73 Å². The van der Waals surface area contributed by atoms with Gasteiger partial charge in [-0.2, -0.15) is 0 Å². The Hall–Kier alpha value is -0.380. The van der Waals surface area contributed by atoms with E-state index in [0.29, 0.717) is 12.1 Å². The van der Waals surface area contributed by atoms with Crippen LogP contribution in [0.25, 0.3) is 0 Å². The van der Waals surface area contributed by atoms with Crippen LogP contribution in [0.2, 0.25) is 0 Å². The first-order valence-corrected chi connectivity index (χ1v) is 7.25. The van der Waals surface area contributed by atoms with Crippen molar-refractivity contribution in [1.29, 1.82) is 0 Å². The van der Waals surface area contributed by atoms with Crippen molar-refractivity contribution >= 4 is 15.9 Å². The molecule has 0 aromatic heterocycles. The second-order valence-corrected chi connectivity index (χ2v) is 5.77. The molecular weight excluding hydrogens is 276 g/mol. The van der Waals surface area contributed by atoms with Gasteiger partial charge in [0.25, 0.3) is 0 Å². The first kappa shape index (κ1) is 13.1. The summed E-state index contributed by atoms with van der Waals surface area (Å²) in [6, 6.07) is 9.63. The normalized spacial score (nSPS) is 20.4. The van der Waals surface area contributed by atoms with E-state index in [1.54, 1.807) is 0 Å². The number of piperidine rings is 1. The number of hydrogen-bond donors (Lipinski definition) is 1. The molecule has 1 heterocycles. The lowest BCUT2D eigenvalue weighted by Crippen LogP contribution is -2.41. The van der Waals surface area contributed by atoms with Crippen molar-refractivity contribution in [2.75, 3.05) is 13.1 Å². The lowest BCUT2D eigenvalue weighted by molar-refractivity contribution is 0.149. The monoisotopic (exact) mass is 296 g/mol. The van der Waals surface area contributed by atoms with Crippen LogP contribution in [0.3, 0.4) is 0 Å². The smallest absolute Gasteiger partial charge is 0.0345 e. The number of nitrogens with zero attached hydrogens (tertiary/aromatic N) is 1. The fourth-order valence-corrected chi connectivity index (χ4v) is 3.07. The molecule has 2 nitrogen and oxygen atoms in total. The lowest BCUT2D eigenvalue weighted by atomic mass is 9.98. The van der Waals surface area contributed by atoms with Crippen LogP contribution in [0.15, 0.2) is 28.7 Å². The summed E-state index contributed by atoms with van der Waals surface area (Å²) >= 11 is 3.55. The van der Waals surface area contributed by atoms with Gasteiger partial charge in [0, 0.05) is 29.6 Å². The van der Waals surface area contributed by atoms with E-state index in [9.17, 15) is 0 Å². The van der Waals surface area contributed by atoms with E-state index in [-0.39, 0.29) is 0 Å². The molecule has 2 rings (SSSR count). The maximum absolute atomic E-state index is 5.97. The second-order valence-electron chi connectivity index (χ2n) is 4.85. The van der Waals surface area contributed by atoms with E-state index in [2.05, 4.69) is 52.0 Å². The topological polar surface area (TPSA) is 29.3 Å². The highest BCUT2D eigenvalue weighted by Crippen LogP contribution is 2.28. The minimum Gasteiger partial charge on any atom is -0.328 e. The zero-order valence-corrected chi connectivity index (χ0v) is 12.0. The number of benzene rings is 1. The summed E-state index contributed by atoms with van der Waals surface area (Å²) in [4.78, 5) is 2.57. The molecule has 1 aliphatic rings. The Morgan fingerprint density at radius 2 is 2.12 bits per heavy atom. The van der Waals surface area contributed by atoms with Crippen molar-refractivity contribution in [3.63, 3.8) is 0 Å². The molecule has 1 fully saturated rings. The third kappa shape index (κ3) is 3.30. The molecule has 1 aliphatic heterocycles. The fraction of sp³-hybridized carbons (Fsp3) is 0.571. The van der Waals surface area contributed by atoms with Gasteiger partial charge in [-0.25, -0.2) is 0 Å². The molecule has 2 N–H and O–H groups in total. The van der Waals surface area contributed by atoms with Gasteiger partial charge in [-0.05, 0) is 37.0 Å². The summed E-state index contributed by atoms with van der Waals surface area (Å²) in [6.07, 6.45) is 3.42. The molecule has 17 heavy (non-hydrogen) atoms. The van der Waals surface area contributed by atoms with Crippen LogP contribution >= 0.6 is 15.9 Å². The Bertz CT molecular complexity index is 359. The van der Waals surface area contributed by atoms with E-state index in [1.165, 1.54) is 10.0 Å². The van der Waals surface area contributed by atoms with Crippen molar-refractivity contribution in [2.24, 2.45) is 5.73 Å². The highest BCUT2D eigenvalue weighted by molar-refractivity contribution is 9.10. The number of likely N-dealkylation sites (tertiary alicyclic amines) is 1. The highest BCUT2D eigenvalue weighted by Gasteiger charge is 2.23. The third-order valence-corrected chi connectivity index (χ3v) is 4.13. The summed E-state index contributed by atoms with van der Waals surface area (Å²) < 4.78 is 1.17. The average Bonchev–Trinajstić information content (AvgIpc) is 2.33. The number of halogens is 1. The van der Waals surface area contributed by atoms with E-state index >= 15 is 0 Å². The minimum atomic E-state index is 0.409. The van der Waals surface area contributed by atoms with Crippen LogP contribution in [-0.4, -0.2) is 24.0 Å². The first-order chi connectivity index (χ1) is 8.20. The molecule has 0 spiro atoms. The largest absolute Gasteiger partial charge is 0.328 e. The zero-order valence-electron chi connectivity index (χ0n) is 10.4. The van der Waals surface area contributed by atoms with E-state index in [0.717, 1.165) is 32.4 Å². The molecule has 0 radical (unpaired) electrons. The van der Waals surface area contributed by atoms with E-state index < -0.39 is 0 Å². The van der Waals surface area contributed by atoms with Crippen molar-refractivity contribution < 1.29 is 0 Å². The van der Waals surface area contributed by atoms with Crippen LogP contribution in [0.5, 0.6) is 0 Å². The molecule has 3 heteroatoms. The molecule has 1 atom stereocenters. The highest BCUT2D eigenvalue weighted by atomic mass is 79.9. The van der Waals surface area contributed by atoms with Gasteiger partial charge < -0.3 is 5.73 Å². The summed E-state index contributed by atoms with van der Waals surface area (Å²) in [5.41, 5.74) is 7.38. The minimum absolute atomic E-state index is 0.409. The van der Waals surface area contributed by atoms with Gasteiger partial charge in [-0.3, -0.25) is 4.90 Å². The first-order valence-electron chi connectivity index (χ1n) is 6.45. The molecule has 1 aromatic carbocycles. The van der Waals surface area contributed by atoms with Crippen molar-refractivity contribution in [3.05, 3.63) is 34.3 Å². The molecule has 0 amide bonds. The number of rotatable bonds is 3. The predicted octanol–water partition coefficient (Wildman–Crippen LogP) is 3.32. The number of hydrogen-bond acceptors (Lipinski definition) is 2. The van der Waals surface area contributed by atoms with Gasteiger partial charge >= 0.3 is 0 Å². The van der Waals surface area contributed by atoms with Crippen LogP contribution in [-0.2, 0) is 0 Å². The van der Waals surface area contributed by atoms with Gasteiger partial charge in [0.2, 0.25) is 0 Å². The predicted molar refractivity (Wildman–Crippen MR) is 76.0 cm³/mol. The molecule has 1 aromatic rings. The maximum atomic E-state index is 5.97. The Balaban J connectivity index is 2.10. The maximum Gasteiger partial charge on any atom is 0.0345 e. The molecular formula is C14H21BrN2. The summed E-state index contributed by atoms with van der Waals surface area (Å²) in [6.45, 7) is 4.53. The van der Waals surface area contributed by atoms with Crippen LogP contribution in [0.4, 0.5) is 0 Å². The molecule has 1 saturated heterocycles. The van der Waals surface area contributed by atoms with Gasteiger partial charge in [-0.15, -0.1) is 0 Å². The Labute approximate surface area is 112 Å². The van der Waals surface area contributed by atoms with Gasteiger partial charge in [-0.1, -0.05) is 35.0 Å². The van der Waals surface area contributed by atoms with Crippen molar-refractivity contribution in [3.8, 4) is 0 Å². The Morgan fingerprint density at radius 1 is 1.41 bits per heavy atom. The van der Waals surface area contributed by atoms with Crippen molar-refractivity contribution in [1.82, 2.24) is 4.90 Å². The van der Waals surface area contributed by atoms with Crippen LogP contribution in [0, 0.1) is 0 Å². The fourth-order valence-electron chi connectivity index (χ4n) is 2.65. The van der Waals surface area contributed by atoms with Crippen molar-refractivity contribution in [2.45, 2.75) is 38.3 Å². The Kier molecular flexibility index (Phi) is 4.60. The molecule has 1 unspecified atom stereocenters. The average molecular weight is 297 g/mol. The standard InChI is InChI=1S/C14H21BrN2/c1-2-14(11-4-3-5-12(15)10-11)17-8-6-13(16)7-9-17/h3-5,10,13-14H,2,6-9,16H2,1H3.